The van der Waals surface area contributed by atoms with Crippen LogP contribution in [0.2, 0.25) is 5.02 Å². The second-order valence-corrected chi connectivity index (χ2v) is 7.53. The van der Waals surface area contributed by atoms with Gasteiger partial charge in [-0.05, 0) is 56.9 Å². The Balaban J connectivity index is 2.20. The van der Waals surface area contributed by atoms with Crippen LogP contribution in [0, 0.1) is 11.3 Å². The lowest BCUT2D eigenvalue weighted by molar-refractivity contribution is 0.158. The minimum Gasteiger partial charge on any atom is -0.308 e. The summed E-state index contributed by atoms with van der Waals surface area (Å²) in [4.78, 5) is 0. The highest BCUT2D eigenvalue weighted by atomic mass is 35.5. The van der Waals surface area contributed by atoms with Crippen LogP contribution in [0.15, 0.2) is 6.20 Å². The minimum atomic E-state index is 0.344. The lowest BCUT2D eigenvalue weighted by Crippen LogP contribution is -2.34. The molecule has 3 nitrogen and oxygen atoms in total. The maximum atomic E-state index is 6.45. The van der Waals surface area contributed by atoms with E-state index in [2.05, 4.69) is 42.8 Å². The van der Waals surface area contributed by atoms with Gasteiger partial charge in [-0.1, -0.05) is 32.4 Å². The third-order valence-corrected chi connectivity index (χ3v) is 5.19. The molecule has 0 radical (unpaired) electrons. The van der Waals surface area contributed by atoms with E-state index in [-0.39, 0.29) is 0 Å². The van der Waals surface area contributed by atoms with Crippen molar-refractivity contribution in [3.8, 4) is 0 Å². The van der Waals surface area contributed by atoms with Crippen LogP contribution in [0.1, 0.15) is 71.5 Å². The van der Waals surface area contributed by atoms with E-state index in [4.69, 9.17) is 11.6 Å². The fraction of sp³-hybridized carbons (Fsp3) is 0.824. The third-order valence-electron chi connectivity index (χ3n) is 4.90. The van der Waals surface area contributed by atoms with Gasteiger partial charge in [0.25, 0.3) is 0 Å². The molecule has 1 aromatic rings. The van der Waals surface area contributed by atoms with Gasteiger partial charge in [0.15, 0.2) is 0 Å². The van der Waals surface area contributed by atoms with E-state index in [9.17, 15) is 0 Å². The summed E-state index contributed by atoms with van der Waals surface area (Å²) in [6, 6.07) is 0.344. The number of rotatable bonds is 6. The van der Waals surface area contributed by atoms with Crippen molar-refractivity contribution in [2.75, 3.05) is 6.54 Å². The van der Waals surface area contributed by atoms with E-state index in [0.717, 1.165) is 24.5 Å². The second kappa shape index (κ2) is 7.15. The molecule has 0 bridgehead atoms. The predicted molar refractivity (Wildman–Crippen MR) is 89.7 cm³/mol. The topological polar surface area (TPSA) is 29.9 Å². The van der Waals surface area contributed by atoms with Crippen molar-refractivity contribution in [1.82, 2.24) is 15.1 Å². The molecule has 0 saturated heterocycles. The Morgan fingerprint density at radius 2 is 2.05 bits per heavy atom. The van der Waals surface area contributed by atoms with Crippen molar-refractivity contribution >= 4 is 11.6 Å². The molecule has 1 heterocycles. The molecule has 1 saturated carbocycles. The van der Waals surface area contributed by atoms with Crippen LogP contribution < -0.4 is 5.32 Å². The largest absolute Gasteiger partial charge is 0.308 e. The van der Waals surface area contributed by atoms with E-state index in [0.29, 0.717) is 17.4 Å². The molecule has 1 aliphatic carbocycles. The Labute approximate surface area is 134 Å². The molecule has 0 spiro atoms. The Bertz CT molecular complexity index is 443. The zero-order valence-electron chi connectivity index (χ0n) is 14.0. The molecule has 120 valence electrons. The van der Waals surface area contributed by atoms with Gasteiger partial charge in [0.2, 0.25) is 0 Å². The summed E-state index contributed by atoms with van der Waals surface area (Å²) in [5.74, 6) is 0.670. The SMILES string of the molecule is CCCNC(c1c(Cl)cnn1CC)C1CCC(C)(C)CC1. The Morgan fingerprint density at radius 1 is 1.38 bits per heavy atom. The molecule has 0 aromatic carbocycles. The smallest absolute Gasteiger partial charge is 0.0834 e. The zero-order chi connectivity index (χ0) is 15.5. The molecule has 0 amide bonds. The highest BCUT2D eigenvalue weighted by molar-refractivity contribution is 6.31. The zero-order valence-corrected chi connectivity index (χ0v) is 14.7. The number of nitrogens with zero attached hydrogens (tertiary/aromatic N) is 2. The predicted octanol–water partition coefficient (Wildman–Crippen LogP) is 4.81. The second-order valence-electron chi connectivity index (χ2n) is 7.13. The average Bonchev–Trinajstić information content (AvgIpc) is 2.82. The number of nitrogens with one attached hydrogen (secondary N) is 1. The highest BCUT2D eigenvalue weighted by Crippen LogP contribution is 2.43. The van der Waals surface area contributed by atoms with E-state index >= 15 is 0 Å². The first-order valence-electron chi connectivity index (χ1n) is 8.43. The van der Waals surface area contributed by atoms with E-state index < -0.39 is 0 Å². The number of aromatic nitrogens is 2. The quantitative estimate of drug-likeness (QED) is 0.816. The van der Waals surface area contributed by atoms with E-state index in [1.54, 1.807) is 6.20 Å². The fourth-order valence-electron chi connectivity index (χ4n) is 3.47. The van der Waals surface area contributed by atoms with Crippen LogP contribution in [0.25, 0.3) is 0 Å². The molecular formula is C17H30ClN3. The first-order valence-corrected chi connectivity index (χ1v) is 8.81. The average molecular weight is 312 g/mol. The molecule has 21 heavy (non-hydrogen) atoms. The van der Waals surface area contributed by atoms with E-state index in [1.165, 1.54) is 31.4 Å². The van der Waals surface area contributed by atoms with Crippen molar-refractivity contribution in [2.45, 2.75) is 72.4 Å². The molecule has 1 atom stereocenters. The summed E-state index contributed by atoms with van der Waals surface area (Å²) < 4.78 is 2.06. The van der Waals surface area contributed by atoms with E-state index in [1.807, 2.05) is 0 Å². The Hall–Kier alpha value is -0.540. The van der Waals surface area contributed by atoms with Gasteiger partial charge in [-0.2, -0.15) is 5.10 Å². The van der Waals surface area contributed by atoms with Gasteiger partial charge in [0, 0.05) is 6.54 Å². The molecular weight excluding hydrogens is 282 g/mol. The molecule has 4 heteroatoms. The van der Waals surface area contributed by atoms with Crippen molar-refractivity contribution in [3.05, 3.63) is 16.9 Å². The van der Waals surface area contributed by atoms with Crippen molar-refractivity contribution in [3.63, 3.8) is 0 Å². The summed E-state index contributed by atoms with van der Waals surface area (Å²) in [6.45, 7) is 11.0. The van der Waals surface area contributed by atoms with Crippen molar-refractivity contribution < 1.29 is 0 Å². The van der Waals surface area contributed by atoms with Gasteiger partial charge in [-0.15, -0.1) is 0 Å². The number of hydrogen-bond acceptors (Lipinski definition) is 2. The summed E-state index contributed by atoms with van der Waals surface area (Å²) in [7, 11) is 0. The summed E-state index contributed by atoms with van der Waals surface area (Å²) in [6.07, 6.45) is 8.11. The van der Waals surface area contributed by atoms with Crippen molar-refractivity contribution in [2.24, 2.45) is 11.3 Å². The standard InChI is InChI=1S/C17H30ClN3/c1-5-11-19-15(13-7-9-17(3,4)10-8-13)16-14(18)12-20-21(16)6-2/h12-13,15,19H,5-11H2,1-4H3. The first-order chi connectivity index (χ1) is 9.98. The molecule has 1 fully saturated rings. The van der Waals surface area contributed by atoms with Crippen LogP contribution >= 0.6 is 11.6 Å². The molecule has 1 aromatic heterocycles. The normalized spacial score (nSPS) is 20.6. The first kappa shape index (κ1) is 16.8. The number of halogens is 1. The Morgan fingerprint density at radius 3 is 2.62 bits per heavy atom. The fourth-order valence-corrected chi connectivity index (χ4v) is 3.73. The highest BCUT2D eigenvalue weighted by Gasteiger charge is 2.34. The number of aryl methyl sites for hydroxylation is 1. The van der Waals surface area contributed by atoms with Crippen LogP contribution in [0.5, 0.6) is 0 Å². The minimum absolute atomic E-state index is 0.344. The maximum absolute atomic E-state index is 6.45. The van der Waals surface area contributed by atoms with Gasteiger partial charge in [0.1, 0.15) is 0 Å². The van der Waals surface area contributed by atoms with Crippen molar-refractivity contribution in [1.29, 1.82) is 0 Å². The summed E-state index contributed by atoms with van der Waals surface area (Å²) >= 11 is 6.45. The van der Waals surface area contributed by atoms with Crippen LogP contribution in [-0.4, -0.2) is 16.3 Å². The molecule has 1 N–H and O–H groups in total. The van der Waals surface area contributed by atoms with Crippen LogP contribution in [-0.2, 0) is 6.54 Å². The van der Waals surface area contributed by atoms with Crippen LogP contribution in [0.4, 0.5) is 0 Å². The molecule has 1 aliphatic rings. The lowest BCUT2D eigenvalue weighted by atomic mass is 9.70. The number of hydrogen-bond donors (Lipinski definition) is 1. The maximum Gasteiger partial charge on any atom is 0.0834 e. The Kier molecular flexibility index (Phi) is 5.73. The van der Waals surface area contributed by atoms with Crippen LogP contribution in [0.3, 0.4) is 0 Å². The molecule has 1 unspecified atom stereocenters. The van der Waals surface area contributed by atoms with Gasteiger partial charge in [0.05, 0.1) is 23.0 Å². The van der Waals surface area contributed by atoms with Gasteiger partial charge >= 0.3 is 0 Å². The van der Waals surface area contributed by atoms with Gasteiger partial charge < -0.3 is 5.32 Å². The summed E-state index contributed by atoms with van der Waals surface area (Å²) in [5.41, 5.74) is 1.69. The van der Waals surface area contributed by atoms with Gasteiger partial charge in [-0.25, -0.2) is 0 Å². The molecule has 0 aliphatic heterocycles. The monoisotopic (exact) mass is 311 g/mol. The van der Waals surface area contributed by atoms with Gasteiger partial charge in [-0.3, -0.25) is 4.68 Å². The third kappa shape index (κ3) is 4.01. The lowest BCUT2D eigenvalue weighted by Gasteiger charge is -2.38. The summed E-state index contributed by atoms with van der Waals surface area (Å²) in [5, 5.41) is 8.99. The molecule has 2 rings (SSSR count).